The Labute approximate surface area is 114 Å². The summed E-state index contributed by atoms with van der Waals surface area (Å²) in [6.07, 6.45) is 0. The van der Waals surface area contributed by atoms with Gasteiger partial charge in [-0.3, -0.25) is 9.59 Å². The zero-order valence-corrected chi connectivity index (χ0v) is 11.6. The molecule has 0 aromatic heterocycles. The molecule has 0 amide bonds. The van der Waals surface area contributed by atoms with E-state index < -0.39 is 28.5 Å². The molecule has 18 heavy (non-hydrogen) atoms. The van der Waals surface area contributed by atoms with Gasteiger partial charge in [-0.25, -0.2) is 0 Å². The molecule has 1 aromatic rings. The number of aromatic hydroxyl groups is 2. The number of hydrogen-bond acceptors (Lipinski definition) is 4. The van der Waals surface area contributed by atoms with Crippen LogP contribution in [-0.2, 0) is 4.79 Å². The Morgan fingerprint density at radius 1 is 1.11 bits per heavy atom. The normalized spacial score (nSPS) is 11.4. The van der Waals surface area contributed by atoms with E-state index in [1.165, 1.54) is 0 Å². The number of ketones is 2. The van der Waals surface area contributed by atoms with E-state index in [1.54, 1.807) is 20.8 Å². The summed E-state index contributed by atoms with van der Waals surface area (Å²) in [4.78, 5) is 23.8. The maximum Gasteiger partial charge on any atom is 0.230 e. The molecule has 0 heterocycles. The van der Waals surface area contributed by atoms with E-state index in [4.69, 9.17) is 23.2 Å². The predicted octanol–water partition coefficient (Wildman–Crippen LogP) is 3.20. The molecule has 0 fully saturated rings. The molecule has 1 rings (SSSR count). The number of phenols is 2. The van der Waals surface area contributed by atoms with Crippen molar-refractivity contribution in [1.29, 1.82) is 0 Å². The third-order valence-electron chi connectivity index (χ3n) is 2.30. The van der Waals surface area contributed by atoms with Crippen molar-refractivity contribution in [1.82, 2.24) is 0 Å². The summed E-state index contributed by atoms with van der Waals surface area (Å²) in [5.74, 6) is -2.86. The van der Waals surface area contributed by atoms with E-state index in [0.717, 1.165) is 6.07 Å². The molecule has 0 bridgehead atoms. The van der Waals surface area contributed by atoms with Gasteiger partial charge in [0.15, 0.2) is 11.5 Å². The van der Waals surface area contributed by atoms with Crippen LogP contribution >= 0.6 is 23.2 Å². The van der Waals surface area contributed by atoms with Gasteiger partial charge in [0.2, 0.25) is 11.6 Å². The van der Waals surface area contributed by atoms with Crippen LogP contribution < -0.4 is 0 Å². The SMILES string of the molecule is CC(C)(C)C(=O)C(=O)c1cc(Cl)c(O)c(O)c1Cl. The first-order chi connectivity index (χ1) is 8.07. The second-order valence-electron chi connectivity index (χ2n) is 4.83. The van der Waals surface area contributed by atoms with Crippen LogP contribution in [0.4, 0.5) is 0 Å². The number of rotatable bonds is 2. The Morgan fingerprint density at radius 3 is 2.06 bits per heavy atom. The second-order valence-corrected chi connectivity index (χ2v) is 5.61. The largest absolute Gasteiger partial charge is 0.503 e. The number of halogens is 2. The number of phenolic OH excluding ortho intramolecular Hbond substituents is 2. The minimum atomic E-state index is -0.875. The molecular formula is C12H12Cl2O4. The molecule has 0 saturated heterocycles. The Kier molecular flexibility index (Phi) is 3.93. The lowest BCUT2D eigenvalue weighted by atomic mass is 9.86. The van der Waals surface area contributed by atoms with Gasteiger partial charge in [0, 0.05) is 11.0 Å². The van der Waals surface area contributed by atoms with Crippen LogP contribution in [0.5, 0.6) is 11.5 Å². The number of benzene rings is 1. The summed E-state index contributed by atoms with van der Waals surface area (Å²) in [5.41, 5.74) is -1.10. The fourth-order valence-corrected chi connectivity index (χ4v) is 1.66. The molecule has 0 unspecified atom stereocenters. The van der Waals surface area contributed by atoms with Crippen molar-refractivity contribution in [3.63, 3.8) is 0 Å². The van der Waals surface area contributed by atoms with Crippen molar-refractivity contribution in [3.8, 4) is 11.5 Å². The zero-order valence-electron chi connectivity index (χ0n) is 10.0. The zero-order chi connectivity index (χ0) is 14.2. The predicted molar refractivity (Wildman–Crippen MR) is 68.6 cm³/mol. The van der Waals surface area contributed by atoms with Crippen LogP contribution in [0.1, 0.15) is 31.1 Å². The smallest absolute Gasteiger partial charge is 0.230 e. The molecule has 0 spiro atoms. The minimum absolute atomic E-state index is 0.225. The van der Waals surface area contributed by atoms with Gasteiger partial charge in [-0.2, -0.15) is 0 Å². The summed E-state index contributed by atoms with van der Waals surface area (Å²) in [6.45, 7) is 4.76. The highest BCUT2D eigenvalue weighted by Gasteiger charge is 2.31. The lowest BCUT2D eigenvalue weighted by Crippen LogP contribution is -2.28. The molecule has 98 valence electrons. The van der Waals surface area contributed by atoms with Gasteiger partial charge in [-0.05, 0) is 6.07 Å². The van der Waals surface area contributed by atoms with E-state index in [-0.39, 0.29) is 15.6 Å². The van der Waals surface area contributed by atoms with Crippen LogP contribution in [-0.4, -0.2) is 21.8 Å². The van der Waals surface area contributed by atoms with Gasteiger partial charge >= 0.3 is 0 Å². The van der Waals surface area contributed by atoms with E-state index >= 15 is 0 Å². The number of Topliss-reactive ketones (excluding diaryl/α,β-unsaturated/α-hetero) is 2. The Bertz CT molecular complexity index is 530. The fraction of sp³-hybridized carbons (Fsp3) is 0.333. The molecule has 0 aliphatic carbocycles. The summed E-state index contributed by atoms with van der Waals surface area (Å²) in [6, 6.07) is 1.06. The van der Waals surface area contributed by atoms with Crippen molar-refractivity contribution in [2.45, 2.75) is 20.8 Å². The maximum absolute atomic E-state index is 11.9. The third kappa shape index (κ3) is 2.60. The summed E-state index contributed by atoms with van der Waals surface area (Å²) in [7, 11) is 0. The summed E-state index contributed by atoms with van der Waals surface area (Å²) in [5, 5.41) is 18.2. The van der Waals surface area contributed by atoms with E-state index in [1.807, 2.05) is 0 Å². The Morgan fingerprint density at radius 2 is 1.61 bits per heavy atom. The molecule has 4 nitrogen and oxygen atoms in total. The monoisotopic (exact) mass is 290 g/mol. The Balaban J connectivity index is 3.36. The summed E-state index contributed by atoms with van der Waals surface area (Å²) < 4.78 is 0. The lowest BCUT2D eigenvalue weighted by Gasteiger charge is -2.16. The van der Waals surface area contributed by atoms with Crippen LogP contribution in [0, 0.1) is 5.41 Å². The molecular weight excluding hydrogens is 279 g/mol. The fourth-order valence-electron chi connectivity index (χ4n) is 1.23. The number of hydrogen-bond donors (Lipinski definition) is 2. The second kappa shape index (κ2) is 4.78. The number of carbonyl (C=O) groups is 2. The van der Waals surface area contributed by atoms with Crippen LogP contribution in [0.15, 0.2) is 6.07 Å². The average molecular weight is 291 g/mol. The van der Waals surface area contributed by atoms with Crippen molar-refractivity contribution in [2.24, 2.45) is 5.41 Å². The highest BCUT2D eigenvalue weighted by molar-refractivity contribution is 6.49. The molecule has 2 N–H and O–H groups in total. The van der Waals surface area contributed by atoms with Gasteiger partial charge in [0.1, 0.15) is 0 Å². The topological polar surface area (TPSA) is 74.6 Å². The van der Waals surface area contributed by atoms with Crippen LogP contribution in [0.2, 0.25) is 10.0 Å². The highest BCUT2D eigenvalue weighted by Crippen LogP contribution is 2.41. The third-order valence-corrected chi connectivity index (χ3v) is 2.97. The van der Waals surface area contributed by atoms with E-state index in [2.05, 4.69) is 0 Å². The first kappa shape index (κ1) is 14.8. The van der Waals surface area contributed by atoms with Crippen LogP contribution in [0.25, 0.3) is 0 Å². The number of carbonyl (C=O) groups excluding carboxylic acids is 2. The van der Waals surface area contributed by atoms with Crippen molar-refractivity contribution in [3.05, 3.63) is 21.7 Å². The van der Waals surface area contributed by atoms with Crippen molar-refractivity contribution >= 4 is 34.8 Å². The quantitative estimate of drug-likeness (QED) is 0.498. The van der Waals surface area contributed by atoms with Gasteiger partial charge < -0.3 is 10.2 Å². The van der Waals surface area contributed by atoms with E-state index in [9.17, 15) is 19.8 Å². The molecule has 6 heteroatoms. The first-order valence-electron chi connectivity index (χ1n) is 5.06. The minimum Gasteiger partial charge on any atom is -0.503 e. The molecule has 0 aliphatic heterocycles. The summed E-state index contributed by atoms with van der Waals surface area (Å²) >= 11 is 11.3. The van der Waals surface area contributed by atoms with Gasteiger partial charge in [0.25, 0.3) is 0 Å². The lowest BCUT2D eigenvalue weighted by molar-refractivity contribution is -0.121. The van der Waals surface area contributed by atoms with Gasteiger partial charge in [-0.1, -0.05) is 44.0 Å². The van der Waals surface area contributed by atoms with Crippen molar-refractivity contribution < 1.29 is 19.8 Å². The molecule has 0 aliphatic rings. The Hall–Kier alpha value is -1.26. The van der Waals surface area contributed by atoms with Crippen LogP contribution in [0.3, 0.4) is 0 Å². The molecule has 0 atom stereocenters. The molecule has 1 aromatic carbocycles. The molecule has 0 saturated carbocycles. The highest BCUT2D eigenvalue weighted by atomic mass is 35.5. The first-order valence-corrected chi connectivity index (χ1v) is 5.82. The standard InChI is InChI=1S/C12H12Cl2O4/c1-12(2,3)11(18)8(15)5-4-6(13)9(16)10(17)7(5)14/h4,16-17H,1-3H3. The van der Waals surface area contributed by atoms with Gasteiger partial charge in [-0.15, -0.1) is 0 Å². The van der Waals surface area contributed by atoms with Gasteiger partial charge in [0.05, 0.1) is 10.0 Å². The molecule has 0 radical (unpaired) electrons. The maximum atomic E-state index is 11.9. The average Bonchev–Trinajstić information content (AvgIpc) is 2.28. The van der Waals surface area contributed by atoms with Crippen molar-refractivity contribution in [2.75, 3.05) is 0 Å². The van der Waals surface area contributed by atoms with E-state index in [0.29, 0.717) is 0 Å².